The van der Waals surface area contributed by atoms with E-state index in [-0.39, 0.29) is 29.7 Å². The molecule has 1 unspecified atom stereocenters. The molecule has 2 N–H and O–H groups in total. The van der Waals surface area contributed by atoms with Crippen molar-refractivity contribution in [1.82, 2.24) is 15.2 Å². The van der Waals surface area contributed by atoms with Crippen LogP contribution in [0, 0.1) is 0 Å². The standard InChI is InChI=1S/C15H20ClF3N4O/c1-20-11-3-2-6-23(9-11)13(24)4-5-21-14-12(16)7-10(8-22-14)15(17,18)19/h7-8,11,20H,2-6,9H2,1H3,(H,21,22). The average molecular weight is 365 g/mol. The number of anilines is 1. The molecule has 1 aliphatic rings. The van der Waals surface area contributed by atoms with E-state index in [1.165, 1.54) is 0 Å². The largest absolute Gasteiger partial charge is 0.417 e. The molecule has 1 aromatic rings. The Hall–Kier alpha value is -1.54. The van der Waals surface area contributed by atoms with E-state index in [0.29, 0.717) is 12.6 Å². The molecule has 2 heterocycles. The molecule has 1 aliphatic heterocycles. The van der Waals surface area contributed by atoms with Crippen molar-refractivity contribution in [2.24, 2.45) is 0 Å². The van der Waals surface area contributed by atoms with Crippen LogP contribution < -0.4 is 10.6 Å². The minimum Gasteiger partial charge on any atom is -0.368 e. The molecule has 1 saturated heterocycles. The first kappa shape index (κ1) is 18.8. The smallest absolute Gasteiger partial charge is 0.368 e. The first-order valence-electron chi connectivity index (χ1n) is 7.73. The summed E-state index contributed by atoms with van der Waals surface area (Å²) in [7, 11) is 1.87. The molecule has 0 saturated carbocycles. The number of nitrogens with one attached hydrogen (secondary N) is 2. The number of amides is 1. The SMILES string of the molecule is CNC1CCCN(C(=O)CCNc2ncc(C(F)(F)F)cc2Cl)C1. The van der Waals surface area contributed by atoms with Crippen molar-refractivity contribution in [3.05, 3.63) is 22.8 Å². The zero-order valence-electron chi connectivity index (χ0n) is 13.3. The zero-order chi connectivity index (χ0) is 17.7. The topological polar surface area (TPSA) is 57.3 Å². The van der Waals surface area contributed by atoms with Gasteiger partial charge < -0.3 is 15.5 Å². The zero-order valence-corrected chi connectivity index (χ0v) is 14.0. The number of pyridine rings is 1. The fourth-order valence-corrected chi connectivity index (χ4v) is 2.84. The number of alkyl halides is 3. The van der Waals surface area contributed by atoms with Crippen LogP contribution in [-0.4, -0.2) is 48.5 Å². The highest BCUT2D eigenvalue weighted by molar-refractivity contribution is 6.32. The van der Waals surface area contributed by atoms with Crippen LogP contribution in [0.25, 0.3) is 0 Å². The van der Waals surface area contributed by atoms with Gasteiger partial charge in [-0.25, -0.2) is 4.98 Å². The summed E-state index contributed by atoms with van der Waals surface area (Å²) in [6, 6.07) is 1.13. The quantitative estimate of drug-likeness (QED) is 0.843. The van der Waals surface area contributed by atoms with Crippen LogP contribution in [0.4, 0.5) is 19.0 Å². The van der Waals surface area contributed by atoms with Crippen LogP contribution in [0.1, 0.15) is 24.8 Å². The lowest BCUT2D eigenvalue weighted by Crippen LogP contribution is -2.47. The summed E-state index contributed by atoms with van der Waals surface area (Å²) < 4.78 is 37.6. The Morgan fingerprint density at radius 1 is 1.50 bits per heavy atom. The van der Waals surface area contributed by atoms with Crippen molar-refractivity contribution >= 4 is 23.3 Å². The molecule has 0 radical (unpaired) electrons. The van der Waals surface area contributed by atoms with Crippen LogP contribution in [0.2, 0.25) is 5.02 Å². The highest BCUT2D eigenvalue weighted by atomic mass is 35.5. The third-order valence-corrected chi connectivity index (χ3v) is 4.27. The molecule has 134 valence electrons. The Balaban J connectivity index is 1.84. The minimum atomic E-state index is -4.48. The van der Waals surface area contributed by atoms with E-state index in [2.05, 4.69) is 15.6 Å². The first-order valence-corrected chi connectivity index (χ1v) is 8.10. The number of hydrogen-bond acceptors (Lipinski definition) is 4. The lowest BCUT2D eigenvalue weighted by Gasteiger charge is -2.32. The molecular weight excluding hydrogens is 345 g/mol. The van der Waals surface area contributed by atoms with E-state index in [0.717, 1.165) is 31.6 Å². The van der Waals surface area contributed by atoms with Gasteiger partial charge in [-0.3, -0.25) is 4.79 Å². The number of halogens is 4. The summed E-state index contributed by atoms with van der Waals surface area (Å²) in [6.07, 6.45) is -1.53. The van der Waals surface area contributed by atoms with Crippen LogP contribution in [0.15, 0.2) is 12.3 Å². The third kappa shape index (κ3) is 4.98. The molecule has 1 fully saturated rings. The maximum atomic E-state index is 12.5. The highest BCUT2D eigenvalue weighted by Gasteiger charge is 2.31. The van der Waals surface area contributed by atoms with E-state index >= 15 is 0 Å². The van der Waals surface area contributed by atoms with Gasteiger partial charge in [-0.1, -0.05) is 11.6 Å². The van der Waals surface area contributed by atoms with Gasteiger partial charge in [0.05, 0.1) is 10.6 Å². The maximum Gasteiger partial charge on any atom is 0.417 e. The van der Waals surface area contributed by atoms with Gasteiger partial charge in [0.1, 0.15) is 5.82 Å². The second-order valence-electron chi connectivity index (χ2n) is 5.70. The van der Waals surface area contributed by atoms with E-state index in [9.17, 15) is 18.0 Å². The molecule has 5 nitrogen and oxygen atoms in total. The van der Waals surface area contributed by atoms with Gasteiger partial charge >= 0.3 is 6.18 Å². The van der Waals surface area contributed by atoms with Crippen molar-refractivity contribution in [3.8, 4) is 0 Å². The van der Waals surface area contributed by atoms with E-state index in [1.807, 2.05) is 7.05 Å². The fraction of sp³-hybridized carbons (Fsp3) is 0.600. The van der Waals surface area contributed by atoms with E-state index < -0.39 is 11.7 Å². The molecule has 0 spiro atoms. The van der Waals surface area contributed by atoms with E-state index in [1.54, 1.807) is 4.90 Å². The number of carbonyl (C=O) groups is 1. The number of rotatable bonds is 5. The number of hydrogen-bond donors (Lipinski definition) is 2. The third-order valence-electron chi connectivity index (χ3n) is 3.98. The summed E-state index contributed by atoms with van der Waals surface area (Å²) in [6.45, 7) is 1.67. The lowest BCUT2D eigenvalue weighted by atomic mass is 10.1. The van der Waals surface area contributed by atoms with Crippen molar-refractivity contribution in [1.29, 1.82) is 0 Å². The second-order valence-corrected chi connectivity index (χ2v) is 6.10. The Bertz CT molecular complexity index is 582. The Labute approximate surface area is 143 Å². The second kappa shape index (κ2) is 8.02. The van der Waals surface area contributed by atoms with E-state index in [4.69, 9.17) is 11.6 Å². The summed E-state index contributed by atoms with van der Waals surface area (Å²) in [5.41, 5.74) is -0.902. The molecule has 1 amide bonds. The van der Waals surface area contributed by atoms with Gasteiger partial charge in [-0.15, -0.1) is 0 Å². The molecule has 1 atom stereocenters. The summed E-state index contributed by atoms with van der Waals surface area (Å²) in [5.74, 6) is 0.148. The predicted octanol–water partition coefficient (Wildman–Crippen LogP) is 2.77. The monoisotopic (exact) mass is 364 g/mol. The molecule has 1 aromatic heterocycles. The van der Waals surface area contributed by atoms with Crippen LogP contribution in [0.3, 0.4) is 0 Å². The Kier molecular flexibility index (Phi) is 6.28. The van der Waals surface area contributed by atoms with Gasteiger partial charge in [0.25, 0.3) is 0 Å². The summed E-state index contributed by atoms with van der Waals surface area (Å²) in [4.78, 5) is 17.7. The van der Waals surface area contributed by atoms with Crippen molar-refractivity contribution < 1.29 is 18.0 Å². The highest BCUT2D eigenvalue weighted by Crippen LogP contribution is 2.32. The Morgan fingerprint density at radius 2 is 2.25 bits per heavy atom. The molecule has 24 heavy (non-hydrogen) atoms. The Morgan fingerprint density at radius 3 is 2.88 bits per heavy atom. The van der Waals surface area contributed by atoms with Crippen LogP contribution in [-0.2, 0) is 11.0 Å². The molecule has 0 aromatic carbocycles. The van der Waals surface area contributed by atoms with Crippen LogP contribution >= 0.6 is 11.6 Å². The maximum absolute atomic E-state index is 12.5. The fourth-order valence-electron chi connectivity index (χ4n) is 2.61. The number of carbonyl (C=O) groups excluding carboxylic acids is 1. The van der Waals surface area contributed by atoms with Crippen molar-refractivity contribution in [2.75, 3.05) is 32.0 Å². The summed E-state index contributed by atoms with van der Waals surface area (Å²) >= 11 is 5.81. The number of likely N-dealkylation sites (tertiary alicyclic amines) is 1. The lowest BCUT2D eigenvalue weighted by molar-refractivity contribution is -0.137. The number of likely N-dealkylation sites (N-methyl/N-ethyl adjacent to an activating group) is 1. The summed E-state index contributed by atoms with van der Waals surface area (Å²) in [5, 5.41) is 5.86. The first-order chi connectivity index (χ1) is 11.3. The minimum absolute atomic E-state index is 0.00508. The van der Waals surface area contributed by atoms with Gasteiger partial charge in [0.15, 0.2) is 0 Å². The van der Waals surface area contributed by atoms with Crippen LogP contribution in [0.5, 0.6) is 0 Å². The van der Waals surface area contributed by atoms with Crippen molar-refractivity contribution in [2.45, 2.75) is 31.5 Å². The van der Waals surface area contributed by atoms with Crippen molar-refractivity contribution in [3.63, 3.8) is 0 Å². The van der Waals surface area contributed by atoms with Gasteiger partial charge in [-0.2, -0.15) is 13.2 Å². The number of nitrogens with zero attached hydrogens (tertiary/aromatic N) is 2. The van der Waals surface area contributed by atoms with Gasteiger partial charge in [0.2, 0.25) is 5.91 Å². The molecule has 0 aliphatic carbocycles. The molecule has 2 rings (SSSR count). The van der Waals surface area contributed by atoms with Gasteiger partial charge in [0, 0.05) is 38.3 Å². The molecular formula is C15H20ClF3N4O. The predicted molar refractivity (Wildman–Crippen MR) is 86.0 cm³/mol. The average Bonchev–Trinajstić information content (AvgIpc) is 2.55. The number of aromatic nitrogens is 1. The normalized spacial score (nSPS) is 18.5. The number of piperidine rings is 1. The van der Waals surface area contributed by atoms with Gasteiger partial charge in [-0.05, 0) is 26.0 Å². The molecule has 0 bridgehead atoms. The molecule has 9 heteroatoms.